The average Bonchev–Trinajstić information content (AvgIpc) is 2.72. The van der Waals surface area contributed by atoms with E-state index in [1.807, 2.05) is 0 Å². The number of likely N-dealkylation sites (tertiary alicyclic amines) is 1. The Morgan fingerprint density at radius 1 is 1.32 bits per heavy atom. The van der Waals surface area contributed by atoms with Crippen LogP contribution in [0.5, 0.6) is 5.75 Å². The van der Waals surface area contributed by atoms with Gasteiger partial charge in [0.2, 0.25) is 0 Å². The topological polar surface area (TPSA) is 12.5 Å². The highest BCUT2D eigenvalue weighted by molar-refractivity contribution is 5.42. The van der Waals surface area contributed by atoms with Crippen LogP contribution >= 0.6 is 0 Å². The molecule has 2 aliphatic carbocycles. The summed E-state index contributed by atoms with van der Waals surface area (Å²) < 4.78 is 5.41. The molecule has 1 saturated heterocycles. The molecule has 2 bridgehead atoms. The molecule has 1 heterocycles. The first-order valence-corrected chi connectivity index (χ1v) is 7.55. The lowest BCUT2D eigenvalue weighted by molar-refractivity contribution is 0.115. The summed E-state index contributed by atoms with van der Waals surface area (Å²) in [5.74, 6) is 2.74. The predicted octanol–water partition coefficient (Wildman–Crippen LogP) is 3.07. The normalized spacial score (nSPS) is 36.7. The Bertz CT molecular complexity index is 512. The van der Waals surface area contributed by atoms with Crippen molar-refractivity contribution in [1.29, 1.82) is 0 Å². The van der Waals surface area contributed by atoms with Crippen LogP contribution in [0.4, 0.5) is 0 Å². The maximum atomic E-state index is 5.41. The number of rotatable bonds is 1. The minimum atomic E-state index is 0.583. The molecule has 0 N–H and O–H groups in total. The Labute approximate surface area is 115 Å². The standard InChI is InChI=1S/C17H23NO/c1-18-10-14-5-3-12-8-17(14,11-18)9-13-4-6-15(19-2)7-16(12)13/h4,6-7,12,14H,3,5,8-11H2,1-2H3/t12-,14+,17+/m1/s1. The van der Waals surface area contributed by atoms with Gasteiger partial charge in [0, 0.05) is 13.1 Å². The Hall–Kier alpha value is -1.02. The van der Waals surface area contributed by atoms with Crippen LogP contribution in [0, 0.1) is 11.3 Å². The van der Waals surface area contributed by atoms with Crippen molar-refractivity contribution in [3.8, 4) is 5.75 Å². The zero-order valence-corrected chi connectivity index (χ0v) is 12.0. The van der Waals surface area contributed by atoms with Crippen LogP contribution in [0.3, 0.4) is 0 Å². The lowest BCUT2D eigenvalue weighted by Gasteiger charge is -2.47. The minimum absolute atomic E-state index is 0.583. The highest BCUT2D eigenvalue weighted by Gasteiger charge is 2.51. The molecule has 3 atom stereocenters. The fourth-order valence-electron chi connectivity index (χ4n) is 5.08. The summed E-state index contributed by atoms with van der Waals surface area (Å²) in [6, 6.07) is 6.76. The Balaban J connectivity index is 1.76. The second-order valence-electron chi connectivity index (χ2n) is 6.98. The fraction of sp³-hybridized carbons (Fsp3) is 0.647. The van der Waals surface area contributed by atoms with Gasteiger partial charge in [-0.2, -0.15) is 0 Å². The Kier molecular flexibility index (Phi) is 2.47. The van der Waals surface area contributed by atoms with E-state index in [0.29, 0.717) is 5.41 Å². The number of nitrogens with zero attached hydrogens (tertiary/aromatic N) is 1. The SMILES string of the molecule is COc1ccc2c(c1)[C@@H]1CC[C@H]3CN(C)C[C@@]3(C2)C1. The molecule has 0 unspecified atom stereocenters. The molecule has 2 nitrogen and oxygen atoms in total. The zero-order chi connectivity index (χ0) is 13.0. The third-order valence-electron chi connectivity index (χ3n) is 5.83. The molecule has 1 aromatic carbocycles. The molecule has 4 rings (SSSR count). The largest absolute Gasteiger partial charge is 0.497 e. The first kappa shape index (κ1) is 11.8. The van der Waals surface area contributed by atoms with Crippen molar-refractivity contribution in [2.24, 2.45) is 11.3 Å². The Morgan fingerprint density at radius 2 is 2.21 bits per heavy atom. The number of fused-ring (bicyclic) bond motifs is 3. The summed E-state index contributed by atoms with van der Waals surface area (Å²) >= 11 is 0. The molecule has 1 aromatic rings. The van der Waals surface area contributed by atoms with Crippen molar-refractivity contribution < 1.29 is 4.74 Å². The van der Waals surface area contributed by atoms with E-state index in [4.69, 9.17) is 4.74 Å². The Morgan fingerprint density at radius 3 is 3.05 bits per heavy atom. The predicted molar refractivity (Wildman–Crippen MR) is 76.7 cm³/mol. The molecule has 0 aromatic heterocycles. The second kappa shape index (κ2) is 3.99. The van der Waals surface area contributed by atoms with Crippen molar-refractivity contribution in [1.82, 2.24) is 4.90 Å². The molecule has 2 fully saturated rings. The van der Waals surface area contributed by atoms with Gasteiger partial charge in [0.15, 0.2) is 0 Å². The lowest BCUT2D eigenvalue weighted by atomic mass is 9.57. The van der Waals surface area contributed by atoms with Gasteiger partial charge in [-0.15, -0.1) is 0 Å². The highest BCUT2D eigenvalue weighted by Crippen LogP contribution is 2.57. The maximum absolute atomic E-state index is 5.41. The molecule has 3 aliphatic rings. The van der Waals surface area contributed by atoms with Crippen molar-refractivity contribution in [3.63, 3.8) is 0 Å². The quantitative estimate of drug-likeness (QED) is 0.766. The number of ether oxygens (including phenoxy) is 1. The van der Waals surface area contributed by atoms with Crippen molar-refractivity contribution >= 4 is 0 Å². The van der Waals surface area contributed by atoms with Gasteiger partial charge in [-0.05, 0) is 73.2 Å². The van der Waals surface area contributed by atoms with Gasteiger partial charge in [0.05, 0.1) is 7.11 Å². The van der Waals surface area contributed by atoms with Crippen molar-refractivity contribution in [2.45, 2.75) is 31.6 Å². The third kappa shape index (κ3) is 1.66. The van der Waals surface area contributed by atoms with Crippen LogP contribution in [-0.2, 0) is 6.42 Å². The minimum Gasteiger partial charge on any atom is -0.497 e. The fourth-order valence-corrected chi connectivity index (χ4v) is 5.08. The maximum Gasteiger partial charge on any atom is 0.119 e. The monoisotopic (exact) mass is 257 g/mol. The molecular formula is C17H23NO. The van der Waals surface area contributed by atoms with Crippen LogP contribution < -0.4 is 4.74 Å². The number of benzene rings is 1. The van der Waals surface area contributed by atoms with E-state index >= 15 is 0 Å². The molecule has 102 valence electrons. The molecule has 0 amide bonds. The van der Waals surface area contributed by atoms with E-state index < -0.39 is 0 Å². The smallest absolute Gasteiger partial charge is 0.119 e. The van der Waals surface area contributed by atoms with E-state index in [-0.39, 0.29) is 0 Å². The summed E-state index contributed by atoms with van der Waals surface area (Å²) in [5.41, 5.74) is 3.76. The second-order valence-corrected chi connectivity index (χ2v) is 6.98. The first-order chi connectivity index (χ1) is 9.20. The van der Waals surface area contributed by atoms with Gasteiger partial charge < -0.3 is 9.64 Å². The molecular weight excluding hydrogens is 234 g/mol. The lowest BCUT2D eigenvalue weighted by Crippen LogP contribution is -2.41. The van der Waals surface area contributed by atoms with Crippen LogP contribution in [0.25, 0.3) is 0 Å². The summed E-state index contributed by atoms with van der Waals surface area (Å²) in [6.07, 6.45) is 5.49. The van der Waals surface area contributed by atoms with E-state index in [0.717, 1.165) is 17.6 Å². The molecule has 1 spiro atoms. The van der Waals surface area contributed by atoms with Crippen molar-refractivity contribution in [3.05, 3.63) is 29.3 Å². The van der Waals surface area contributed by atoms with Crippen molar-refractivity contribution in [2.75, 3.05) is 27.2 Å². The first-order valence-electron chi connectivity index (χ1n) is 7.55. The highest BCUT2D eigenvalue weighted by atomic mass is 16.5. The number of hydrogen-bond acceptors (Lipinski definition) is 2. The summed E-state index contributed by atoms with van der Waals surface area (Å²) in [4.78, 5) is 2.56. The number of methoxy groups -OCH3 is 1. The van der Waals surface area contributed by atoms with E-state index in [1.165, 1.54) is 38.8 Å². The molecule has 19 heavy (non-hydrogen) atoms. The van der Waals surface area contributed by atoms with Gasteiger partial charge >= 0.3 is 0 Å². The molecule has 0 radical (unpaired) electrons. The van der Waals surface area contributed by atoms with Gasteiger partial charge in [-0.1, -0.05) is 6.07 Å². The molecule has 1 saturated carbocycles. The van der Waals surface area contributed by atoms with E-state index in [1.54, 1.807) is 18.2 Å². The molecule has 2 heteroatoms. The van der Waals surface area contributed by atoms with E-state index in [9.17, 15) is 0 Å². The van der Waals surface area contributed by atoms with Crippen LogP contribution in [0.2, 0.25) is 0 Å². The molecule has 1 aliphatic heterocycles. The summed E-state index contributed by atoms with van der Waals surface area (Å²) in [7, 11) is 4.07. The van der Waals surface area contributed by atoms with Gasteiger partial charge in [-0.3, -0.25) is 0 Å². The van der Waals surface area contributed by atoms with Crippen LogP contribution in [0.1, 0.15) is 36.3 Å². The summed E-state index contributed by atoms with van der Waals surface area (Å²) in [5, 5.41) is 0. The van der Waals surface area contributed by atoms with Crippen LogP contribution in [0.15, 0.2) is 18.2 Å². The number of hydrogen-bond donors (Lipinski definition) is 0. The van der Waals surface area contributed by atoms with Crippen LogP contribution in [-0.4, -0.2) is 32.1 Å². The van der Waals surface area contributed by atoms with Gasteiger partial charge in [0.1, 0.15) is 5.75 Å². The third-order valence-corrected chi connectivity index (χ3v) is 5.83. The average molecular weight is 257 g/mol. The zero-order valence-electron chi connectivity index (χ0n) is 12.0. The van der Waals surface area contributed by atoms with Gasteiger partial charge in [-0.25, -0.2) is 0 Å². The van der Waals surface area contributed by atoms with Gasteiger partial charge in [0.25, 0.3) is 0 Å². The summed E-state index contributed by atoms with van der Waals surface area (Å²) in [6.45, 7) is 2.62. The van der Waals surface area contributed by atoms with E-state index in [2.05, 4.69) is 30.1 Å².